The smallest absolute Gasteiger partial charge is 0.294 e. The van der Waals surface area contributed by atoms with Crippen LogP contribution in [0, 0.1) is 5.21 Å². The first-order valence-electron chi connectivity index (χ1n) is 1.60. The summed E-state index contributed by atoms with van der Waals surface area (Å²) in [7, 11) is 0. The van der Waals surface area contributed by atoms with Crippen molar-refractivity contribution in [1.82, 2.24) is 5.27 Å². The van der Waals surface area contributed by atoms with Gasteiger partial charge in [-0.1, -0.05) is 0 Å². The van der Waals surface area contributed by atoms with Gasteiger partial charge in [0.1, 0.15) is 0 Å². The van der Waals surface area contributed by atoms with Gasteiger partial charge < -0.3 is 10.9 Å². The maximum absolute atomic E-state index is 9.92. The Hall–Kier alpha value is -1.26. The second-order valence-corrected chi connectivity index (χ2v) is 1.01. The Bertz CT molecular complexity index is 143. The fourth-order valence-corrected chi connectivity index (χ4v) is 0.243. The summed E-state index contributed by atoms with van der Waals surface area (Å²) in [5.41, 5.74) is 4.93. The summed E-state index contributed by atoms with van der Waals surface area (Å²) < 4.78 is 4.14. The molecule has 0 fully saturated rings. The van der Waals surface area contributed by atoms with Crippen LogP contribution in [-0.2, 0) is 0 Å². The SMILES string of the molecule is Nc1c[n+]([O-])no1. The van der Waals surface area contributed by atoms with Crippen LogP contribution in [0.2, 0.25) is 0 Å². The van der Waals surface area contributed by atoms with Crippen molar-refractivity contribution in [2.75, 3.05) is 5.73 Å². The molecule has 5 heteroatoms. The Balaban J connectivity index is 3.04. The molecule has 0 radical (unpaired) electrons. The summed E-state index contributed by atoms with van der Waals surface area (Å²) in [4.78, 5) is 0.245. The van der Waals surface area contributed by atoms with Crippen molar-refractivity contribution in [1.29, 1.82) is 0 Å². The molecular weight excluding hydrogens is 98.0 g/mol. The van der Waals surface area contributed by atoms with Gasteiger partial charge in [-0.15, -0.1) is 0 Å². The van der Waals surface area contributed by atoms with E-state index in [0.717, 1.165) is 6.20 Å². The van der Waals surface area contributed by atoms with Gasteiger partial charge in [0.2, 0.25) is 5.27 Å². The first kappa shape index (κ1) is 3.91. The molecule has 0 aliphatic carbocycles. The van der Waals surface area contributed by atoms with Crippen LogP contribution in [-0.4, -0.2) is 5.27 Å². The van der Waals surface area contributed by atoms with Crippen molar-refractivity contribution in [2.24, 2.45) is 0 Å². The molecule has 0 aliphatic rings. The van der Waals surface area contributed by atoms with Gasteiger partial charge in [0, 0.05) is 0 Å². The zero-order chi connectivity index (χ0) is 5.28. The third-order valence-corrected chi connectivity index (χ3v) is 0.464. The minimum atomic E-state index is 0.0231. The summed E-state index contributed by atoms with van der Waals surface area (Å²) in [6.07, 6.45) is 1.03. The average Bonchev–Trinajstić information content (AvgIpc) is 1.87. The molecule has 5 nitrogen and oxygen atoms in total. The first-order chi connectivity index (χ1) is 3.29. The number of nitrogens with two attached hydrogens (primary N) is 1. The monoisotopic (exact) mass is 101 g/mol. The zero-order valence-electron chi connectivity index (χ0n) is 3.37. The minimum absolute atomic E-state index is 0.0231. The molecule has 1 aromatic rings. The molecule has 0 saturated heterocycles. The highest BCUT2D eigenvalue weighted by atomic mass is 16.6. The zero-order valence-corrected chi connectivity index (χ0v) is 3.37. The molecule has 38 valence electrons. The van der Waals surface area contributed by atoms with Gasteiger partial charge in [-0.3, -0.25) is 4.52 Å². The van der Waals surface area contributed by atoms with Crippen LogP contribution in [0.3, 0.4) is 0 Å². The van der Waals surface area contributed by atoms with Gasteiger partial charge in [-0.2, -0.15) is 0 Å². The number of hydrogen-bond acceptors (Lipinski definition) is 4. The Kier molecular flexibility index (Phi) is 0.619. The van der Waals surface area contributed by atoms with E-state index < -0.39 is 0 Å². The highest BCUT2D eigenvalue weighted by Crippen LogP contribution is 1.87. The highest BCUT2D eigenvalue weighted by molar-refractivity contribution is 5.11. The maximum atomic E-state index is 9.92. The van der Waals surface area contributed by atoms with Crippen molar-refractivity contribution in [2.45, 2.75) is 0 Å². The summed E-state index contributed by atoms with van der Waals surface area (Å²) in [6.45, 7) is 0. The Morgan fingerprint density at radius 3 is 2.86 bits per heavy atom. The fraction of sp³-hybridized carbons (Fsp3) is 0. The number of nitrogens with zero attached hydrogens (tertiary/aromatic N) is 2. The van der Waals surface area contributed by atoms with Gasteiger partial charge in [0.15, 0.2) is 0 Å². The summed E-state index contributed by atoms with van der Waals surface area (Å²) in [5.74, 6) is 0.0231. The van der Waals surface area contributed by atoms with Crippen LogP contribution in [0.15, 0.2) is 10.7 Å². The number of anilines is 1. The molecule has 0 atom stereocenters. The molecule has 1 heterocycles. The van der Waals surface area contributed by atoms with Crippen molar-refractivity contribution >= 4 is 5.88 Å². The van der Waals surface area contributed by atoms with Crippen molar-refractivity contribution < 1.29 is 9.37 Å². The molecule has 2 N–H and O–H groups in total. The molecule has 0 spiro atoms. The molecule has 0 amide bonds. The van der Waals surface area contributed by atoms with Crippen molar-refractivity contribution in [3.05, 3.63) is 11.4 Å². The first-order valence-corrected chi connectivity index (χ1v) is 1.60. The molecule has 0 aromatic carbocycles. The normalized spacial score (nSPS) is 9.14. The van der Waals surface area contributed by atoms with E-state index in [9.17, 15) is 5.21 Å². The summed E-state index contributed by atoms with van der Waals surface area (Å²) in [6, 6.07) is 0. The summed E-state index contributed by atoms with van der Waals surface area (Å²) in [5, 5.41) is 12.8. The largest absolute Gasteiger partial charge is 0.592 e. The van der Waals surface area contributed by atoms with Crippen LogP contribution in [0.25, 0.3) is 0 Å². The number of aromatic nitrogens is 2. The van der Waals surface area contributed by atoms with E-state index in [1.807, 2.05) is 0 Å². The van der Waals surface area contributed by atoms with Crippen LogP contribution < -0.4 is 10.6 Å². The predicted molar refractivity (Wildman–Crippen MR) is 19.9 cm³/mol. The average molecular weight is 101 g/mol. The third-order valence-electron chi connectivity index (χ3n) is 0.464. The Labute approximate surface area is 38.9 Å². The Morgan fingerprint density at radius 1 is 2.00 bits per heavy atom. The molecule has 0 aliphatic heterocycles. The highest BCUT2D eigenvalue weighted by Gasteiger charge is 1.95. The quantitative estimate of drug-likeness (QED) is 0.332. The minimum Gasteiger partial charge on any atom is -0.592 e. The Morgan fingerprint density at radius 2 is 2.71 bits per heavy atom. The maximum Gasteiger partial charge on any atom is 0.294 e. The van der Waals surface area contributed by atoms with Crippen LogP contribution in [0.1, 0.15) is 0 Å². The van der Waals surface area contributed by atoms with Crippen LogP contribution in [0.5, 0.6) is 0 Å². The van der Waals surface area contributed by atoms with E-state index in [4.69, 9.17) is 5.73 Å². The second-order valence-electron chi connectivity index (χ2n) is 1.01. The van der Waals surface area contributed by atoms with Gasteiger partial charge in [0.05, 0.1) is 0 Å². The van der Waals surface area contributed by atoms with Gasteiger partial charge in [-0.05, 0) is 4.85 Å². The summed E-state index contributed by atoms with van der Waals surface area (Å²) >= 11 is 0. The molecule has 0 saturated carbocycles. The molecular formula is C2H3N3O2. The van der Waals surface area contributed by atoms with Gasteiger partial charge >= 0.3 is 0 Å². The molecule has 0 bridgehead atoms. The third kappa shape index (κ3) is 0.594. The van der Waals surface area contributed by atoms with E-state index in [1.165, 1.54) is 0 Å². The number of hydrogen-bond donors (Lipinski definition) is 1. The van der Waals surface area contributed by atoms with E-state index in [0.29, 0.717) is 0 Å². The van der Waals surface area contributed by atoms with Crippen molar-refractivity contribution in [3.8, 4) is 0 Å². The van der Waals surface area contributed by atoms with E-state index >= 15 is 0 Å². The lowest BCUT2D eigenvalue weighted by Gasteiger charge is -1.71. The lowest BCUT2D eigenvalue weighted by atomic mass is 10.9. The predicted octanol–water partition coefficient (Wildman–Crippen LogP) is -1.11. The van der Waals surface area contributed by atoms with Crippen molar-refractivity contribution in [3.63, 3.8) is 0 Å². The lowest BCUT2D eigenvalue weighted by molar-refractivity contribution is -0.679. The molecule has 7 heavy (non-hydrogen) atoms. The molecule has 1 aromatic heterocycles. The van der Waals surface area contributed by atoms with Crippen LogP contribution in [0.4, 0.5) is 5.88 Å². The van der Waals surface area contributed by atoms with E-state index in [-0.39, 0.29) is 10.7 Å². The van der Waals surface area contributed by atoms with Gasteiger partial charge in [-0.25, -0.2) is 0 Å². The lowest BCUT2D eigenvalue weighted by Crippen LogP contribution is -2.25. The fourth-order valence-electron chi connectivity index (χ4n) is 0.243. The molecule has 0 unspecified atom stereocenters. The number of rotatable bonds is 0. The number of nitrogen functional groups attached to an aromatic ring is 1. The standard InChI is InChI=1S/C2H3N3O2/c3-2-1-5(6)4-7-2/h1H,3H2. The van der Waals surface area contributed by atoms with Crippen LogP contribution >= 0.6 is 0 Å². The van der Waals surface area contributed by atoms with E-state index in [1.54, 1.807) is 0 Å². The molecule has 1 rings (SSSR count). The van der Waals surface area contributed by atoms with Gasteiger partial charge in [0.25, 0.3) is 12.1 Å². The second kappa shape index (κ2) is 1.11. The topological polar surface area (TPSA) is 79.0 Å². The van der Waals surface area contributed by atoms with E-state index in [2.05, 4.69) is 9.79 Å².